The van der Waals surface area contributed by atoms with Crippen LogP contribution in [0.2, 0.25) is 0 Å². The van der Waals surface area contributed by atoms with Crippen molar-refractivity contribution in [2.75, 3.05) is 23.8 Å². The van der Waals surface area contributed by atoms with E-state index >= 15 is 4.39 Å². The summed E-state index contributed by atoms with van der Waals surface area (Å²) in [6.07, 6.45) is -1.10. The summed E-state index contributed by atoms with van der Waals surface area (Å²) in [5, 5.41) is 0. The number of carbonyl (C=O) groups is 1. The summed E-state index contributed by atoms with van der Waals surface area (Å²) in [5.74, 6) is -1.96. The van der Waals surface area contributed by atoms with Crippen molar-refractivity contribution >= 4 is 33.4 Å². The summed E-state index contributed by atoms with van der Waals surface area (Å²) in [4.78, 5) is 25.5. The summed E-state index contributed by atoms with van der Waals surface area (Å²) in [6, 6.07) is 8.78. The van der Waals surface area contributed by atoms with Gasteiger partial charge in [0.05, 0.1) is 25.5 Å². The topological polar surface area (TPSA) is 124 Å². The summed E-state index contributed by atoms with van der Waals surface area (Å²) >= 11 is 0. The van der Waals surface area contributed by atoms with Gasteiger partial charge in [-0.05, 0) is 48.0 Å². The molecule has 0 radical (unpaired) electrons. The van der Waals surface area contributed by atoms with E-state index in [1.165, 1.54) is 50.9 Å². The molecular formula is C27H23F4N5O5S. The second-order valence-electron chi connectivity index (χ2n) is 8.56. The Labute approximate surface area is 238 Å². The van der Waals surface area contributed by atoms with Crippen LogP contribution in [0, 0.1) is 5.82 Å². The van der Waals surface area contributed by atoms with Crippen molar-refractivity contribution in [1.29, 1.82) is 0 Å². The van der Waals surface area contributed by atoms with E-state index in [1.54, 1.807) is 6.92 Å². The fraction of sp³-hybridized carbons (Fsp3) is 0.185. The molecule has 1 N–H and O–H groups in total. The van der Waals surface area contributed by atoms with Gasteiger partial charge in [-0.1, -0.05) is 6.92 Å². The van der Waals surface area contributed by atoms with E-state index in [2.05, 4.69) is 19.7 Å². The molecule has 0 spiro atoms. The fourth-order valence-electron chi connectivity index (χ4n) is 3.88. The fourth-order valence-corrected chi connectivity index (χ4v) is 4.78. The lowest BCUT2D eigenvalue weighted by atomic mass is 10.0. The molecule has 0 unspecified atom stereocenters. The number of rotatable bonds is 9. The van der Waals surface area contributed by atoms with Crippen molar-refractivity contribution < 1.29 is 40.2 Å². The number of benzene rings is 2. The molecule has 0 saturated carbocycles. The number of amides is 1. The highest BCUT2D eigenvalue weighted by Gasteiger charge is 2.32. The van der Waals surface area contributed by atoms with E-state index in [-0.39, 0.29) is 51.4 Å². The third-order valence-electron chi connectivity index (χ3n) is 5.89. The van der Waals surface area contributed by atoms with E-state index in [0.29, 0.717) is 0 Å². The van der Waals surface area contributed by atoms with Crippen molar-refractivity contribution in [3.05, 3.63) is 78.5 Å². The van der Waals surface area contributed by atoms with Gasteiger partial charge in [-0.3, -0.25) is 9.69 Å². The zero-order valence-electron chi connectivity index (χ0n) is 22.3. The van der Waals surface area contributed by atoms with Gasteiger partial charge >= 0.3 is 6.18 Å². The minimum Gasteiger partial charge on any atom is -0.497 e. The number of methoxy groups -OCH3 is 2. The van der Waals surface area contributed by atoms with E-state index in [9.17, 15) is 26.4 Å². The first-order valence-corrected chi connectivity index (χ1v) is 13.6. The average molecular weight is 606 g/mol. The number of carbonyl (C=O) groups excluding carboxylic acids is 1. The van der Waals surface area contributed by atoms with Crippen molar-refractivity contribution in [3.63, 3.8) is 0 Å². The zero-order valence-corrected chi connectivity index (χ0v) is 23.1. The van der Waals surface area contributed by atoms with E-state index in [0.717, 1.165) is 35.4 Å². The van der Waals surface area contributed by atoms with Crippen LogP contribution < -0.4 is 19.1 Å². The number of pyridine rings is 1. The highest BCUT2D eigenvalue weighted by molar-refractivity contribution is 7.92. The van der Waals surface area contributed by atoms with Crippen LogP contribution in [0.15, 0.2) is 72.0 Å². The van der Waals surface area contributed by atoms with Crippen LogP contribution >= 0.6 is 0 Å². The van der Waals surface area contributed by atoms with Gasteiger partial charge in [0.2, 0.25) is 11.9 Å². The van der Waals surface area contributed by atoms with Gasteiger partial charge in [-0.25, -0.2) is 32.5 Å². The van der Waals surface area contributed by atoms with Crippen molar-refractivity contribution in [1.82, 2.24) is 15.0 Å². The lowest BCUT2D eigenvalue weighted by molar-refractivity contribution is -0.137. The molecule has 0 fully saturated rings. The highest BCUT2D eigenvalue weighted by Crippen LogP contribution is 2.41. The van der Waals surface area contributed by atoms with Gasteiger partial charge in [-0.15, -0.1) is 0 Å². The molecule has 4 rings (SSSR count). The van der Waals surface area contributed by atoms with Gasteiger partial charge in [0, 0.05) is 36.6 Å². The predicted molar refractivity (Wildman–Crippen MR) is 144 cm³/mol. The Bertz CT molecular complexity index is 1700. The molecule has 42 heavy (non-hydrogen) atoms. The molecule has 0 atom stereocenters. The Morgan fingerprint density at radius 1 is 1.00 bits per heavy atom. The molecule has 10 nitrogen and oxygen atoms in total. The number of hydrogen-bond acceptors (Lipinski definition) is 8. The summed E-state index contributed by atoms with van der Waals surface area (Å²) in [5.41, 5.74) is -1.54. The van der Waals surface area contributed by atoms with Crippen molar-refractivity contribution in [2.45, 2.75) is 24.4 Å². The van der Waals surface area contributed by atoms with Gasteiger partial charge in [0.15, 0.2) is 0 Å². The molecule has 220 valence electrons. The Kier molecular flexibility index (Phi) is 8.61. The summed E-state index contributed by atoms with van der Waals surface area (Å²) in [6.45, 7) is 1.55. The third kappa shape index (κ3) is 6.40. The van der Waals surface area contributed by atoms with E-state index in [4.69, 9.17) is 9.47 Å². The minimum atomic E-state index is -4.72. The maximum atomic E-state index is 15.6. The first-order chi connectivity index (χ1) is 19.9. The van der Waals surface area contributed by atoms with Crippen LogP contribution in [0.25, 0.3) is 11.1 Å². The number of sulfonamides is 1. The molecule has 15 heteroatoms. The smallest absolute Gasteiger partial charge is 0.416 e. The number of halogens is 4. The molecule has 1 amide bonds. The number of aromatic nitrogens is 3. The van der Waals surface area contributed by atoms with Crippen LogP contribution in [0.5, 0.6) is 11.5 Å². The molecule has 0 saturated heterocycles. The molecule has 0 aliphatic rings. The largest absolute Gasteiger partial charge is 0.497 e. The normalized spacial score (nSPS) is 11.6. The molecule has 2 aromatic heterocycles. The second kappa shape index (κ2) is 12.0. The molecular weight excluding hydrogens is 582 g/mol. The Hall–Kier alpha value is -4.79. The van der Waals surface area contributed by atoms with Crippen LogP contribution in [0.3, 0.4) is 0 Å². The lowest BCUT2D eigenvalue weighted by Crippen LogP contribution is -2.26. The first-order valence-electron chi connectivity index (χ1n) is 12.1. The van der Waals surface area contributed by atoms with Crippen LogP contribution in [-0.4, -0.2) is 43.5 Å². The lowest BCUT2D eigenvalue weighted by Gasteiger charge is -2.24. The van der Waals surface area contributed by atoms with Gasteiger partial charge in [-0.2, -0.15) is 13.2 Å². The van der Waals surface area contributed by atoms with Crippen molar-refractivity contribution in [3.8, 4) is 22.6 Å². The predicted octanol–water partition coefficient (Wildman–Crippen LogP) is 5.59. The van der Waals surface area contributed by atoms with Crippen LogP contribution in [-0.2, 0) is 21.0 Å². The quantitative estimate of drug-likeness (QED) is 0.245. The molecule has 2 aromatic carbocycles. The van der Waals surface area contributed by atoms with E-state index < -0.39 is 33.5 Å². The third-order valence-corrected chi connectivity index (χ3v) is 7.21. The molecule has 0 aliphatic heterocycles. The van der Waals surface area contributed by atoms with Gasteiger partial charge in [0.25, 0.3) is 10.0 Å². The monoisotopic (exact) mass is 605 g/mol. The van der Waals surface area contributed by atoms with Gasteiger partial charge < -0.3 is 9.47 Å². The first kappa shape index (κ1) is 30.2. The summed E-state index contributed by atoms with van der Waals surface area (Å²) in [7, 11) is -1.72. The zero-order chi connectivity index (χ0) is 30.7. The number of nitrogens with one attached hydrogen (secondary N) is 1. The molecule has 4 aromatic rings. The molecule has 0 aliphatic carbocycles. The number of nitrogens with zero attached hydrogens (tertiary/aromatic N) is 4. The van der Waals surface area contributed by atoms with Crippen LogP contribution in [0.4, 0.5) is 35.0 Å². The highest BCUT2D eigenvalue weighted by atomic mass is 32.2. The maximum absolute atomic E-state index is 15.6. The molecule has 0 bridgehead atoms. The summed E-state index contributed by atoms with van der Waals surface area (Å²) < 4.78 is 94.0. The molecule has 2 heterocycles. The number of ether oxygens (including phenoxy) is 2. The maximum Gasteiger partial charge on any atom is 0.416 e. The Morgan fingerprint density at radius 2 is 1.71 bits per heavy atom. The number of hydrogen-bond donors (Lipinski definition) is 1. The Balaban J connectivity index is 1.77. The Morgan fingerprint density at radius 3 is 2.29 bits per heavy atom. The number of alkyl halides is 3. The average Bonchev–Trinajstić information content (AvgIpc) is 2.97. The van der Waals surface area contributed by atoms with Crippen LogP contribution in [0.1, 0.15) is 18.9 Å². The SMILES string of the molecule is CCC(=O)N(c1ccc(S(=O)(=O)Nc2ncccn2)cn1)c1cc(F)c(-c2cc(OC)cc(C(F)(F)F)c2)cc1OC. The van der Waals surface area contributed by atoms with Gasteiger partial charge in [0.1, 0.15) is 28.0 Å². The standard InChI is InChI=1S/C27H23F4N5O5S/c1-4-25(37)36(24-7-6-19(15-34-24)42(38,39)35-26-32-8-5-9-33-26)22-14-21(28)20(13-23(22)41-3)16-10-17(27(29,30)31)12-18(11-16)40-2/h5-15H,4H2,1-3H3,(H,32,33,35). The minimum absolute atomic E-state index is 0.0635. The van der Waals surface area contributed by atoms with Crippen molar-refractivity contribution in [2.24, 2.45) is 0 Å². The van der Waals surface area contributed by atoms with E-state index in [1.807, 2.05) is 0 Å². The number of anilines is 3. The second-order valence-corrected chi connectivity index (χ2v) is 10.2.